The molecule has 0 heterocycles. The van der Waals surface area contributed by atoms with Gasteiger partial charge in [0.2, 0.25) is 0 Å². The second-order valence-corrected chi connectivity index (χ2v) is 14.7. The van der Waals surface area contributed by atoms with Crippen LogP contribution < -0.4 is 0 Å². The summed E-state index contributed by atoms with van der Waals surface area (Å²) in [5.74, 6) is 0. The second-order valence-electron chi connectivity index (χ2n) is 10.3. The molecule has 0 aromatic heterocycles. The van der Waals surface area contributed by atoms with E-state index in [0.717, 1.165) is 30.8 Å². The Morgan fingerprint density at radius 1 is 0.452 bits per heavy atom. The van der Waals surface area contributed by atoms with Gasteiger partial charge in [0, 0.05) is 39.2 Å². The normalized spacial score (nSPS) is 13.2. The molecule has 0 aliphatic carbocycles. The third-order valence-corrected chi connectivity index (χ3v) is 10.1. The first-order valence-corrected chi connectivity index (χ1v) is 16.9. The van der Waals surface area contributed by atoms with E-state index in [1.807, 2.05) is 48.5 Å². The summed E-state index contributed by atoms with van der Waals surface area (Å²) >= 11 is 6.80. The Morgan fingerprint density at radius 3 is 1.05 bits per heavy atom. The number of hydrogen-bond acceptors (Lipinski definition) is 5. The fraction of sp³-hybridized carbons (Fsp3) is 0.108. The number of hydrogen-bond donors (Lipinski definition) is 0. The van der Waals surface area contributed by atoms with Gasteiger partial charge in [-0.2, -0.15) is 0 Å². The summed E-state index contributed by atoms with van der Waals surface area (Å²) in [4.78, 5) is 20.7. The van der Waals surface area contributed by atoms with Gasteiger partial charge in [0.15, 0.2) is 0 Å². The van der Waals surface area contributed by atoms with Crippen molar-refractivity contribution in [2.75, 3.05) is 0 Å². The van der Waals surface area contributed by atoms with Crippen LogP contribution in [0.3, 0.4) is 0 Å². The molecule has 5 heteroatoms. The highest BCUT2D eigenvalue weighted by Gasteiger charge is 2.16. The first-order valence-electron chi connectivity index (χ1n) is 13.6. The van der Waals surface area contributed by atoms with Gasteiger partial charge >= 0.3 is 0 Å². The molecule has 212 valence electrons. The van der Waals surface area contributed by atoms with Gasteiger partial charge in [0.25, 0.3) is 0 Å². The van der Waals surface area contributed by atoms with E-state index >= 15 is 0 Å². The van der Waals surface area contributed by atoms with Gasteiger partial charge in [-0.25, -0.2) is 0 Å². The molecule has 0 unspecified atom stereocenters. The summed E-state index contributed by atoms with van der Waals surface area (Å²) < 4.78 is 0. The van der Waals surface area contributed by atoms with E-state index in [0.29, 0.717) is 0 Å². The van der Waals surface area contributed by atoms with Crippen LogP contribution in [0.2, 0.25) is 0 Å². The van der Waals surface area contributed by atoms with Gasteiger partial charge in [-0.1, -0.05) is 147 Å². The van der Waals surface area contributed by atoms with Crippen molar-refractivity contribution in [1.29, 1.82) is 0 Å². The second kappa shape index (κ2) is 16.5. The number of thioether (sulfide) groups is 4. The van der Waals surface area contributed by atoms with Crippen LogP contribution in [0.4, 0.5) is 0 Å². The zero-order valence-electron chi connectivity index (χ0n) is 24.0. The van der Waals surface area contributed by atoms with Gasteiger partial charge < -0.3 is 0 Å². The molecule has 0 fully saturated rings. The molecule has 4 aromatic rings. The molecule has 0 N–H and O–H groups in total. The quantitative estimate of drug-likeness (QED) is 0.0674. The Labute approximate surface area is 267 Å². The number of aldehydes is 1. The molecular formula is C37H34OS4. The largest absolute Gasteiger partial charge is 0.299 e. The zero-order valence-corrected chi connectivity index (χ0v) is 27.2. The Kier molecular flexibility index (Phi) is 12.5. The van der Waals surface area contributed by atoms with Crippen LogP contribution in [0.15, 0.2) is 185 Å². The molecule has 1 nitrogen and oxygen atoms in total. The molecule has 0 aliphatic rings. The SMILES string of the molecule is CC(C)(C)C=C(Sc1ccccc1)C(=CC=C(Sc1ccccc1)C(=CC=O)Sc1ccccc1)Sc1ccccc1. The lowest BCUT2D eigenvalue weighted by atomic mass is 9.96. The van der Waals surface area contributed by atoms with Gasteiger partial charge in [-0.05, 0) is 72.2 Å². The maximum absolute atomic E-state index is 11.9. The third kappa shape index (κ3) is 11.0. The third-order valence-electron chi connectivity index (χ3n) is 5.54. The highest BCUT2D eigenvalue weighted by atomic mass is 32.2. The Bertz CT molecular complexity index is 1530. The van der Waals surface area contributed by atoms with Crippen molar-refractivity contribution in [3.05, 3.63) is 165 Å². The first-order chi connectivity index (χ1) is 20.4. The zero-order chi connectivity index (χ0) is 29.6. The van der Waals surface area contributed by atoms with Crippen LogP contribution in [0.1, 0.15) is 20.8 Å². The van der Waals surface area contributed by atoms with Crippen molar-refractivity contribution in [2.45, 2.75) is 40.4 Å². The van der Waals surface area contributed by atoms with E-state index in [2.05, 4.69) is 112 Å². The maximum Gasteiger partial charge on any atom is 0.144 e. The molecular weight excluding hydrogens is 589 g/mol. The summed E-state index contributed by atoms with van der Waals surface area (Å²) in [7, 11) is 0. The molecule has 0 bridgehead atoms. The monoisotopic (exact) mass is 622 g/mol. The van der Waals surface area contributed by atoms with E-state index in [-0.39, 0.29) is 5.41 Å². The number of carbonyl (C=O) groups is 1. The van der Waals surface area contributed by atoms with Gasteiger partial charge in [0.05, 0.1) is 0 Å². The molecule has 0 spiro atoms. The maximum atomic E-state index is 11.9. The molecule has 0 atom stereocenters. The summed E-state index contributed by atoms with van der Waals surface area (Å²) in [6.45, 7) is 6.70. The summed E-state index contributed by atoms with van der Waals surface area (Å²) in [5.41, 5.74) is -0.0233. The lowest BCUT2D eigenvalue weighted by Gasteiger charge is -2.19. The molecule has 0 amide bonds. The van der Waals surface area contributed by atoms with Crippen molar-refractivity contribution < 1.29 is 4.79 Å². The summed E-state index contributed by atoms with van der Waals surface area (Å²) in [5, 5.41) is 0. The van der Waals surface area contributed by atoms with Crippen LogP contribution in [0.5, 0.6) is 0 Å². The average Bonchev–Trinajstić information content (AvgIpc) is 2.99. The van der Waals surface area contributed by atoms with E-state index in [4.69, 9.17) is 0 Å². The van der Waals surface area contributed by atoms with Crippen molar-refractivity contribution in [3.8, 4) is 0 Å². The van der Waals surface area contributed by atoms with E-state index in [1.165, 1.54) is 14.7 Å². The van der Waals surface area contributed by atoms with E-state index < -0.39 is 0 Å². The minimum Gasteiger partial charge on any atom is -0.299 e. The molecule has 0 aliphatic heterocycles. The highest BCUT2D eigenvalue weighted by molar-refractivity contribution is 8.09. The lowest BCUT2D eigenvalue weighted by molar-refractivity contribution is -0.104. The fourth-order valence-electron chi connectivity index (χ4n) is 3.72. The highest BCUT2D eigenvalue weighted by Crippen LogP contribution is 2.44. The number of carbonyl (C=O) groups excluding carboxylic acids is 1. The van der Waals surface area contributed by atoms with Crippen molar-refractivity contribution in [3.63, 3.8) is 0 Å². The molecule has 0 radical (unpaired) electrons. The van der Waals surface area contributed by atoms with Crippen LogP contribution >= 0.6 is 47.0 Å². The Morgan fingerprint density at radius 2 is 0.738 bits per heavy atom. The minimum atomic E-state index is -0.0233. The lowest BCUT2D eigenvalue weighted by Crippen LogP contribution is -2.01. The van der Waals surface area contributed by atoms with Crippen LogP contribution in [-0.4, -0.2) is 6.29 Å². The molecule has 0 saturated carbocycles. The Hall–Kier alpha value is -3.09. The summed E-state index contributed by atoms with van der Waals surface area (Å²) in [6, 6.07) is 41.5. The standard InChI is InChI=1S/C37H34OS4/c1-37(2,3)28-36(42-32-22-14-7-15-23-32)34(40-30-18-10-5-11-19-30)25-24-33(39-29-16-8-4-9-17-29)35(26-27-38)41-31-20-12-6-13-21-31/h4-28H,1-3H3. The minimum absolute atomic E-state index is 0.0233. The van der Waals surface area contributed by atoms with E-state index in [9.17, 15) is 4.79 Å². The van der Waals surface area contributed by atoms with Crippen LogP contribution in [0.25, 0.3) is 0 Å². The molecule has 4 aromatic carbocycles. The Balaban J connectivity index is 1.84. The van der Waals surface area contributed by atoms with Crippen molar-refractivity contribution in [2.24, 2.45) is 5.41 Å². The smallest absolute Gasteiger partial charge is 0.144 e. The molecule has 4 rings (SSSR count). The van der Waals surface area contributed by atoms with E-state index in [1.54, 1.807) is 53.1 Å². The molecule has 42 heavy (non-hydrogen) atoms. The van der Waals surface area contributed by atoms with Crippen LogP contribution in [-0.2, 0) is 4.79 Å². The number of allylic oxidation sites excluding steroid dienone is 4. The predicted octanol–water partition coefficient (Wildman–Crippen LogP) is 11.9. The number of benzene rings is 4. The van der Waals surface area contributed by atoms with Gasteiger partial charge in [0.1, 0.15) is 6.29 Å². The first kappa shape index (κ1) is 31.8. The fourth-order valence-corrected chi connectivity index (χ4v) is 7.88. The average molecular weight is 623 g/mol. The van der Waals surface area contributed by atoms with Crippen molar-refractivity contribution in [1.82, 2.24) is 0 Å². The predicted molar refractivity (Wildman–Crippen MR) is 187 cm³/mol. The topological polar surface area (TPSA) is 17.1 Å². The molecule has 0 saturated heterocycles. The van der Waals surface area contributed by atoms with Crippen molar-refractivity contribution >= 4 is 53.3 Å². The summed E-state index contributed by atoms with van der Waals surface area (Å²) in [6.07, 6.45) is 9.27. The van der Waals surface area contributed by atoms with Crippen LogP contribution in [0, 0.1) is 5.41 Å². The van der Waals surface area contributed by atoms with Gasteiger partial charge in [-0.3, -0.25) is 4.79 Å². The number of rotatable bonds is 12. The van der Waals surface area contributed by atoms with Gasteiger partial charge in [-0.15, -0.1) is 0 Å².